The summed E-state index contributed by atoms with van der Waals surface area (Å²) < 4.78 is 20.9. The number of piperidine rings is 1. The number of nitrogens with one attached hydrogen (secondary N) is 1. The SMILES string of the molecule is CC(=O)O.CC(=O)O.COc1cc(F)ccc1-c1nccn1C1(C)CCNCC1. The lowest BCUT2D eigenvalue weighted by Gasteiger charge is -2.36. The molecule has 1 aliphatic rings. The number of methoxy groups -OCH3 is 1. The second-order valence-corrected chi connectivity index (χ2v) is 6.75. The van der Waals surface area contributed by atoms with Crippen molar-refractivity contribution < 1.29 is 28.9 Å². The van der Waals surface area contributed by atoms with Crippen LogP contribution in [0.25, 0.3) is 11.4 Å². The number of carbonyl (C=O) groups is 2. The summed E-state index contributed by atoms with van der Waals surface area (Å²) >= 11 is 0. The fourth-order valence-electron chi connectivity index (χ4n) is 2.99. The van der Waals surface area contributed by atoms with Gasteiger partial charge in [0.05, 0.1) is 12.7 Å². The maximum atomic E-state index is 13.4. The molecular weight excluding hydrogens is 381 g/mol. The van der Waals surface area contributed by atoms with E-state index in [4.69, 9.17) is 24.5 Å². The maximum absolute atomic E-state index is 13.4. The first-order valence-corrected chi connectivity index (χ1v) is 9.08. The Balaban J connectivity index is 0.000000452. The summed E-state index contributed by atoms with van der Waals surface area (Å²) in [7, 11) is 1.55. The van der Waals surface area contributed by atoms with Gasteiger partial charge in [0.25, 0.3) is 11.9 Å². The summed E-state index contributed by atoms with van der Waals surface area (Å²) in [4.78, 5) is 22.5. The van der Waals surface area contributed by atoms with Gasteiger partial charge in [0, 0.05) is 37.8 Å². The fourth-order valence-corrected chi connectivity index (χ4v) is 2.99. The highest BCUT2D eigenvalue weighted by atomic mass is 19.1. The van der Waals surface area contributed by atoms with E-state index in [9.17, 15) is 4.39 Å². The Hall–Kier alpha value is -2.94. The highest BCUT2D eigenvalue weighted by Crippen LogP contribution is 2.35. The molecule has 0 saturated carbocycles. The highest BCUT2D eigenvalue weighted by Gasteiger charge is 2.31. The van der Waals surface area contributed by atoms with Crippen LogP contribution in [0.1, 0.15) is 33.6 Å². The van der Waals surface area contributed by atoms with Gasteiger partial charge in [-0.15, -0.1) is 0 Å². The van der Waals surface area contributed by atoms with E-state index in [2.05, 4.69) is 21.8 Å². The number of carboxylic acids is 2. The topological polar surface area (TPSA) is 114 Å². The van der Waals surface area contributed by atoms with Gasteiger partial charge in [0.2, 0.25) is 0 Å². The number of aliphatic carboxylic acids is 2. The van der Waals surface area contributed by atoms with Crippen molar-refractivity contribution in [3.05, 3.63) is 36.4 Å². The number of nitrogens with zero attached hydrogens (tertiary/aromatic N) is 2. The third-order valence-electron chi connectivity index (χ3n) is 4.31. The molecule has 0 amide bonds. The van der Waals surface area contributed by atoms with Crippen LogP contribution in [0.5, 0.6) is 5.75 Å². The monoisotopic (exact) mass is 409 g/mol. The molecular formula is C20H28FN3O5. The lowest BCUT2D eigenvalue weighted by molar-refractivity contribution is -0.135. The van der Waals surface area contributed by atoms with E-state index in [1.165, 1.54) is 12.1 Å². The number of carboxylic acid groups (broad SMARTS) is 2. The Morgan fingerprint density at radius 1 is 1.21 bits per heavy atom. The average molecular weight is 409 g/mol. The van der Waals surface area contributed by atoms with Gasteiger partial charge >= 0.3 is 0 Å². The van der Waals surface area contributed by atoms with E-state index in [0.29, 0.717) is 5.75 Å². The van der Waals surface area contributed by atoms with Crippen LogP contribution in [0.4, 0.5) is 4.39 Å². The molecule has 3 N–H and O–H groups in total. The van der Waals surface area contributed by atoms with E-state index in [-0.39, 0.29) is 11.4 Å². The van der Waals surface area contributed by atoms with Crippen LogP contribution < -0.4 is 10.1 Å². The zero-order valence-electron chi connectivity index (χ0n) is 17.1. The number of imidazole rings is 1. The summed E-state index contributed by atoms with van der Waals surface area (Å²) in [6, 6.07) is 4.58. The molecule has 0 spiro atoms. The second-order valence-electron chi connectivity index (χ2n) is 6.75. The molecule has 160 valence electrons. The molecule has 0 atom stereocenters. The van der Waals surface area contributed by atoms with Crippen molar-refractivity contribution in [1.82, 2.24) is 14.9 Å². The van der Waals surface area contributed by atoms with Crippen LogP contribution in [-0.2, 0) is 15.1 Å². The van der Waals surface area contributed by atoms with Crippen LogP contribution >= 0.6 is 0 Å². The minimum absolute atomic E-state index is 0.0243. The number of aromatic nitrogens is 2. The van der Waals surface area contributed by atoms with Crippen molar-refractivity contribution in [1.29, 1.82) is 0 Å². The van der Waals surface area contributed by atoms with Gasteiger partial charge in [-0.3, -0.25) is 9.59 Å². The summed E-state index contributed by atoms with van der Waals surface area (Å²) in [6.45, 7) is 6.40. The van der Waals surface area contributed by atoms with Crippen molar-refractivity contribution in [2.24, 2.45) is 0 Å². The summed E-state index contributed by atoms with van der Waals surface area (Å²) in [5.74, 6) is -0.627. The molecule has 1 saturated heterocycles. The molecule has 1 fully saturated rings. The van der Waals surface area contributed by atoms with Crippen molar-refractivity contribution in [3.8, 4) is 17.1 Å². The Labute approximate surface area is 169 Å². The van der Waals surface area contributed by atoms with Crippen LogP contribution in [-0.4, -0.2) is 51.9 Å². The highest BCUT2D eigenvalue weighted by molar-refractivity contribution is 5.65. The van der Waals surface area contributed by atoms with Gasteiger partial charge in [-0.25, -0.2) is 9.37 Å². The molecule has 8 nitrogen and oxygen atoms in total. The molecule has 3 rings (SSSR count). The standard InChI is InChI=1S/C16H20FN3O.2C2H4O2/c1-16(5-7-18-8-6-16)20-10-9-19-15(20)13-4-3-12(17)11-14(13)21-2;2*1-2(3)4/h3-4,9-11,18H,5-8H2,1-2H3;2*1H3,(H,3,4). The summed E-state index contributed by atoms with van der Waals surface area (Å²) in [5.41, 5.74) is 0.847. The third kappa shape index (κ3) is 7.53. The Morgan fingerprint density at radius 2 is 1.76 bits per heavy atom. The first-order chi connectivity index (χ1) is 13.6. The van der Waals surface area contributed by atoms with Gasteiger partial charge in [-0.05, 0) is 45.0 Å². The van der Waals surface area contributed by atoms with E-state index in [1.807, 2.05) is 6.20 Å². The number of benzene rings is 1. The van der Waals surface area contributed by atoms with Crippen molar-refractivity contribution in [2.45, 2.75) is 39.2 Å². The van der Waals surface area contributed by atoms with Crippen LogP contribution in [0.3, 0.4) is 0 Å². The van der Waals surface area contributed by atoms with E-state index < -0.39 is 11.9 Å². The molecule has 0 aliphatic carbocycles. The average Bonchev–Trinajstić information content (AvgIpc) is 3.12. The predicted molar refractivity (Wildman–Crippen MR) is 107 cm³/mol. The van der Waals surface area contributed by atoms with Gasteiger partial charge in [0.1, 0.15) is 17.4 Å². The summed E-state index contributed by atoms with van der Waals surface area (Å²) in [6.07, 6.45) is 5.88. The zero-order chi connectivity index (χ0) is 22.0. The minimum Gasteiger partial charge on any atom is -0.496 e. The molecule has 2 heterocycles. The van der Waals surface area contributed by atoms with Gasteiger partial charge < -0.3 is 24.8 Å². The van der Waals surface area contributed by atoms with Crippen molar-refractivity contribution in [3.63, 3.8) is 0 Å². The lowest BCUT2D eigenvalue weighted by atomic mass is 9.90. The van der Waals surface area contributed by atoms with E-state index >= 15 is 0 Å². The van der Waals surface area contributed by atoms with Gasteiger partial charge in [0.15, 0.2) is 0 Å². The molecule has 0 radical (unpaired) electrons. The normalized spacial score (nSPS) is 14.5. The Bertz CT molecular complexity index is 796. The number of ether oxygens (including phenoxy) is 1. The maximum Gasteiger partial charge on any atom is 0.300 e. The quantitative estimate of drug-likeness (QED) is 0.714. The molecule has 1 aliphatic heterocycles. The zero-order valence-corrected chi connectivity index (χ0v) is 17.1. The Morgan fingerprint density at radius 3 is 2.28 bits per heavy atom. The van der Waals surface area contributed by atoms with Gasteiger partial charge in [-0.2, -0.15) is 0 Å². The number of hydrogen-bond donors (Lipinski definition) is 3. The van der Waals surface area contributed by atoms with Crippen LogP contribution in [0.2, 0.25) is 0 Å². The first-order valence-electron chi connectivity index (χ1n) is 9.08. The molecule has 29 heavy (non-hydrogen) atoms. The number of rotatable bonds is 3. The number of halogens is 1. The largest absolute Gasteiger partial charge is 0.496 e. The molecule has 9 heteroatoms. The Kier molecular flexibility index (Phi) is 9.27. The van der Waals surface area contributed by atoms with Gasteiger partial charge in [-0.1, -0.05) is 0 Å². The minimum atomic E-state index is -0.833. The molecule has 0 unspecified atom stereocenters. The molecule has 0 bridgehead atoms. The van der Waals surface area contributed by atoms with E-state index in [0.717, 1.165) is 51.2 Å². The number of hydrogen-bond acceptors (Lipinski definition) is 5. The van der Waals surface area contributed by atoms with Crippen molar-refractivity contribution >= 4 is 11.9 Å². The summed E-state index contributed by atoms with van der Waals surface area (Å²) in [5, 5.41) is 18.2. The third-order valence-corrected chi connectivity index (χ3v) is 4.31. The van der Waals surface area contributed by atoms with Crippen LogP contribution in [0.15, 0.2) is 30.6 Å². The molecule has 1 aromatic heterocycles. The second kappa shape index (κ2) is 11.2. The fraction of sp³-hybridized carbons (Fsp3) is 0.450. The molecule has 2 aromatic rings. The molecule has 1 aromatic carbocycles. The lowest BCUT2D eigenvalue weighted by Crippen LogP contribution is -2.42. The van der Waals surface area contributed by atoms with E-state index in [1.54, 1.807) is 19.4 Å². The van der Waals surface area contributed by atoms with Crippen molar-refractivity contribution in [2.75, 3.05) is 20.2 Å². The predicted octanol–water partition coefficient (Wildman–Crippen LogP) is 2.98. The first kappa shape index (κ1) is 24.1. The van der Waals surface area contributed by atoms with Crippen LogP contribution in [0, 0.1) is 5.82 Å². The smallest absolute Gasteiger partial charge is 0.300 e.